The van der Waals surface area contributed by atoms with Crippen LogP contribution in [0.5, 0.6) is 0 Å². The largest absolute Gasteiger partial charge is 0.325 e. The van der Waals surface area contributed by atoms with Gasteiger partial charge in [0.1, 0.15) is 0 Å². The van der Waals surface area contributed by atoms with E-state index < -0.39 is 15.8 Å². The Kier molecular flexibility index (Phi) is 6.25. The Hall–Kier alpha value is -1.85. The fraction of sp³-hybridized carbons (Fsp3) is 0.316. The van der Waals surface area contributed by atoms with Gasteiger partial charge >= 0.3 is 0 Å². The van der Waals surface area contributed by atoms with E-state index in [0.29, 0.717) is 10.6 Å². The van der Waals surface area contributed by atoms with Gasteiger partial charge in [-0.25, -0.2) is 8.42 Å². The average molecular weight is 380 g/mol. The summed E-state index contributed by atoms with van der Waals surface area (Å²) in [7, 11) is -3.41. The Labute approximate surface area is 154 Å². The van der Waals surface area contributed by atoms with E-state index in [1.165, 1.54) is 0 Å². The van der Waals surface area contributed by atoms with Gasteiger partial charge in [0.25, 0.3) is 0 Å². The van der Waals surface area contributed by atoms with Crippen molar-refractivity contribution in [3.63, 3.8) is 0 Å². The summed E-state index contributed by atoms with van der Waals surface area (Å²) in [6.07, 6.45) is 0. The molecule has 0 bridgehead atoms. The van der Waals surface area contributed by atoms with Gasteiger partial charge < -0.3 is 5.32 Å². The van der Waals surface area contributed by atoms with Crippen LogP contribution in [-0.4, -0.2) is 20.1 Å². The van der Waals surface area contributed by atoms with Gasteiger partial charge in [-0.1, -0.05) is 48.9 Å². The van der Waals surface area contributed by atoms with E-state index in [1.807, 2.05) is 32.0 Å². The van der Waals surface area contributed by atoms with E-state index >= 15 is 0 Å². The highest BCUT2D eigenvalue weighted by Crippen LogP contribution is 2.21. The molecule has 0 aromatic heterocycles. The molecule has 2 aromatic rings. The van der Waals surface area contributed by atoms with Crippen LogP contribution in [0.15, 0.2) is 42.5 Å². The van der Waals surface area contributed by atoms with Gasteiger partial charge in [-0.2, -0.15) is 0 Å². The van der Waals surface area contributed by atoms with Gasteiger partial charge in [-0.05, 0) is 42.7 Å². The van der Waals surface area contributed by atoms with Crippen molar-refractivity contribution >= 4 is 33.0 Å². The van der Waals surface area contributed by atoms with Crippen LogP contribution in [0.4, 0.5) is 5.69 Å². The molecule has 2 aromatic carbocycles. The second-order valence-electron chi connectivity index (χ2n) is 6.34. The van der Waals surface area contributed by atoms with Gasteiger partial charge in [-0.15, -0.1) is 0 Å². The summed E-state index contributed by atoms with van der Waals surface area (Å²) in [6, 6.07) is 12.4. The third-order valence-electron chi connectivity index (χ3n) is 3.98. The number of anilines is 1. The zero-order chi connectivity index (χ0) is 18.6. The van der Waals surface area contributed by atoms with E-state index in [1.54, 1.807) is 31.2 Å². The minimum absolute atomic E-state index is 0.106. The average Bonchev–Trinajstić information content (AvgIpc) is 2.52. The van der Waals surface area contributed by atoms with Crippen molar-refractivity contribution in [3.05, 3.63) is 64.2 Å². The lowest BCUT2D eigenvalue weighted by Gasteiger charge is -2.16. The number of para-hydroxylation sites is 1. The van der Waals surface area contributed by atoms with Gasteiger partial charge in [0, 0.05) is 16.6 Å². The second kappa shape index (κ2) is 8.02. The van der Waals surface area contributed by atoms with Crippen LogP contribution in [0.3, 0.4) is 0 Å². The molecule has 0 saturated carbocycles. The SMILES string of the molecule is Cc1cccc(C)c1NC(=O)C(C)CS(=O)(=O)Cc1ccc(Cl)cc1. The van der Waals surface area contributed by atoms with Gasteiger partial charge in [0.05, 0.1) is 11.5 Å². The number of carbonyl (C=O) groups is 1. The first-order valence-electron chi connectivity index (χ1n) is 8.00. The molecule has 0 aliphatic heterocycles. The minimum Gasteiger partial charge on any atom is -0.325 e. The van der Waals surface area contributed by atoms with Gasteiger partial charge in [-0.3, -0.25) is 4.79 Å². The molecule has 0 spiro atoms. The van der Waals surface area contributed by atoms with Gasteiger partial charge in [0.15, 0.2) is 9.84 Å². The fourth-order valence-electron chi connectivity index (χ4n) is 2.61. The van der Waals surface area contributed by atoms with Crippen molar-refractivity contribution in [1.82, 2.24) is 0 Å². The smallest absolute Gasteiger partial charge is 0.228 e. The van der Waals surface area contributed by atoms with Crippen LogP contribution in [0.1, 0.15) is 23.6 Å². The zero-order valence-corrected chi connectivity index (χ0v) is 16.1. The molecule has 134 valence electrons. The minimum atomic E-state index is -3.41. The molecule has 0 aliphatic rings. The van der Waals surface area contributed by atoms with Crippen molar-refractivity contribution in [2.24, 2.45) is 5.92 Å². The van der Waals surface area contributed by atoms with E-state index in [2.05, 4.69) is 5.32 Å². The summed E-state index contributed by atoms with van der Waals surface area (Å²) in [6.45, 7) is 5.44. The third kappa shape index (κ3) is 5.58. The Morgan fingerprint density at radius 1 is 1.08 bits per heavy atom. The molecule has 1 amide bonds. The number of aryl methyl sites for hydroxylation is 2. The molecule has 1 unspecified atom stereocenters. The zero-order valence-electron chi connectivity index (χ0n) is 14.5. The predicted octanol–water partition coefficient (Wildman–Crippen LogP) is 4.15. The lowest BCUT2D eigenvalue weighted by atomic mass is 10.1. The number of amides is 1. The molecular formula is C19H22ClNO3S. The number of nitrogens with one attached hydrogen (secondary N) is 1. The Morgan fingerprint density at radius 2 is 1.64 bits per heavy atom. The van der Waals surface area contributed by atoms with Crippen LogP contribution >= 0.6 is 11.6 Å². The molecule has 0 aliphatic carbocycles. The van der Waals surface area contributed by atoms with Crippen LogP contribution in [-0.2, 0) is 20.4 Å². The number of sulfone groups is 1. The van der Waals surface area contributed by atoms with Gasteiger partial charge in [0.2, 0.25) is 5.91 Å². The topological polar surface area (TPSA) is 63.2 Å². The predicted molar refractivity (Wildman–Crippen MR) is 103 cm³/mol. The van der Waals surface area contributed by atoms with Crippen LogP contribution in [0.25, 0.3) is 0 Å². The Bertz CT molecular complexity index is 840. The summed E-state index contributed by atoms with van der Waals surface area (Å²) in [5, 5.41) is 3.41. The normalized spacial score (nSPS) is 12.6. The summed E-state index contributed by atoms with van der Waals surface area (Å²) in [5.41, 5.74) is 3.30. The highest BCUT2D eigenvalue weighted by atomic mass is 35.5. The molecule has 1 N–H and O–H groups in total. The maximum absolute atomic E-state index is 12.4. The first kappa shape index (κ1) is 19.5. The van der Waals surface area contributed by atoms with E-state index in [9.17, 15) is 13.2 Å². The summed E-state index contributed by atoms with van der Waals surface area (Å²) in [4.78, 5) is 12.4. The van der Waals surface area contributed by atoms with Crippen LogP contribution in [0, 0.1) is 19.8 Å². The standard InChI is InChI=1S/C19H22ClNO3S/c1-13-5-4-6-14(2)18(13)21-19(22)15(3)11-25(23,24)12-16-7-9-17(20)10-8-16/h4-10,15H,11-12H2,1-3H3,(H,21,22). The maximum atomic E-state index is 12.4. The quantitative estimate of drug-likeness (QED) is 0.820. The van der Waals surface area contributed by atoms with E-state index in [4.69, 9.17) is 11.6 Å². The molecule has 0 saturated heterocycles. The Morgan fingerprint density at radius 3 is 2.20 bits per heavy atom. The van der Waals surface area contributed by atoms with Crippen LogP contribution < -0.4 is 5.32 Å². The molecule has 0 fully saturated rings. The molecule has 0 heterocycles. The molecule has 2 rings (SSSR count). The number of rotatable bonds is 6. The highest BCUT2D eigenvalue weighted by Gasteiger charge is 2.22. The lowest BCUT2D eigenvalue weighted by molar-refractivity contribution is -0.118. The molecule has 0 radical (unpaired) electrons. The monoisotopic (exact) mass is 379 g/mol. The van der Waals surface area contributed by atoms with Crippen molar-refractivity contribution < 1.29 is 13.2 Å². The number of hydrogen-bond donors (Lipinski definition) is 1. The molecule has 6 heteroatoms. The fourth-order valence-corrected chi connectivity index (χ4v) is 4.47. The number of carbonyl (C=O) groups excluding carboxylic acids is 1. The van der Waals surface area contributed by atoms with Crippen molar-refractivity contribution in [3.8, 4) is 0 Å². The first-order valence-corrected chi connectivity index (χ1v) is 10.2. The first-order chi connectivity index (χ1) is 11.7. The molecule has 25 heavy (non-hydrogen) atoms. The maximum Gasteiger partial charge on any atom is 0.228 e. The van der Waals surface area contributed by atoms with Crippen molar-refractivity contribution in [2.75, 3.05) is 11.1 Å². The third-order valence-corrected chi connectivity index (χ3v) is 6.01. The van der Waals surface area contributed by atoms with E-state index in [0.717, 1.165) is 16.8 Å². The van der Waals surface area contributed by atoms with Crippen molar-refractivity contribution in [1.29, 1.82) is 0 Å². The lowest BCUT2D eigenvalue weighted by Crippen LogP contribution is -2.28. The highest BCUT2D eigenvalue weighted by molar-refractivity contribution is 7.90. The second-order valence-corrected chi connectivity index (χ2v) is 8.88. The van der Waals surface area contributed by atoms with Crippen molar-refractivity contribution in [2.45, 2.75) is 26.5 Å². The molecule has 4 nitrogen and oxygen atoms in total. The summed E-state index contributed by atoms with van der Waals surface area (Å²) < 4.78 is 24.7. The molecular weight excluding hydrogens is 358 g/mol. The van der Waals surface area contributed by atoms with E-state index in [-0.39, 0.29) is 17.4 Å². The summed E-state index contributed by atoms with van der Waals surface area (Å²) >= 11 is 5.81. The molecule has 1 atom stereocenters. The number of halogens is 1. The number of hydrogen-bond acceptors (Lipinski definition) is 3. The summed E-state index contributed by atoms with van der Waals surface area (Å²) in [5.74, 6) is -1.24. The number of benzene rings is 2. The Balaban J connectivity index is 2.03. The van der Waals surface area contributed by atoms with Crippen LogP contribution in [0.2, 0.25) is 5.02 Å².